The Morgan fingerprint density at radius 2 is 1.88 bits per heavy atom. The zero-order chi connectivity index (χ0) is 16.9. The number of amides is 1. The molecular weight excluding hydrogens is 305 g/mol. The van der Waals surface area contributed by atoms with Gasteiger partial charge in [0, 0.05) is 38.4 Å². The van der Waals surface area contributed by atoms with Gasteiger partial charge in [-0.1, -0.05) is 18.2 Å². The Hall–Kier alpha value is -2.27. The first-order valence-electron chi connectivity index (χ1n) is 8.31. The number of aryl methyl sites for hydroxylation is 1. The smallest absolute Gasteiger partial charge is 0.272 e. The minimum Gasteiger partial charge on any atom is -0.336 e. The van der Waals surface area contributed by atoms with Crippen molar-refractivity contribution in [3.8, 4) is 0 Å². The van der Waals surface area contributed by atoms with E-state index in [0.717, 1.165) is 43.9 Å². The van der Waals surface area contributed by atoms with Crippen LogP contribution in [0.3, 0.4) is 0 Å². The molecule has 0 N–H and O–H groups in total. The van der Waals surface area contributed by atoms with Crippen LogP contribution in [0, 0.1) is 12.7 Å². The van der Waals surface area contributed by atoms with E-state index in [9.17, 15) is 9.18 Å². The zero-order valence-electron chi connectivity index (χ0n) is 13.9. The predicted octanol–water partition coefficient (Wildman–Crippen LogP) is 2.88. The molecule has 1 fully saturated rings. The van der Waals surface area contributed by atoms with E-state index in [2.05, 4.69) is 9.88 Å². The molecule has 0 saturated carbocycles. The van der Waals surface area contributed by atoms with Gasteiger partial charge in [-0.05, 0) is 43.2 Å². The molecule has 0 spiro atoms. The first kappa shape index (κ1) is 16.6. The normalized spacial score (nSPS) is 16.0. The molecule has 24 heavy (non-hydrogen) atoms. The Bertz CT molecular complexity index is 702. The summed E-state index contributed by atoms with van der Waals surface area (Å²) < 4.78 is 13.0. The second-order valence-electron chi connectivity index (χ2n) is 6.21. The molecule has 1 aromatic carbocycles. The van der Waals surface area contributed by atoms with Crippen molar-refractivity contribution in [2.75, 3.05) is 26.2 Å². The Labute approximate surface area is 141 Å². The lowest BCUT2D eigenvalue weighted by Gasteiger charge is -2.22. The average molecular weight is 327 g/mol. The highest BCUT2D eigenvalue weighted by Gasteiger charge is 2.21. The predicted molar refractivity (Wildman–Crippen MR) is 91.2 cm³/mol. The van der Waals surface area contributed by atoms with Gasteiger partial charge in [-0.3, -0.25) is 9.69 Å². The second-order valence-corrected chi connectivity index (χ2v) is 6.21. The fraction of sp³-hybridized carbons (Fsp3) is 0.368. The van der Waals surface area contributed by atoms with Gasteiger partial charge in [-0.2, -0.15) is 0 Å². The number of nitrogens with zero attached hydrogens (tertiary/aromatic N) is 3. The molecule has 3 rings (SSSR count). The maximum atomic E-state index is 13.0. The molecule has 1 aromatic heterocycles. The highest BCUT2D eigenvalue weighted by molar-refractivity contribution is 5.92. The summed E-state index contributed by atoms with van der Waals surface area (Å²) >= 11 is 0. The van der Waals surface area contributed by atoms with E-state index in [4.69, 9.17) is 0 Å². The fourth-order valence-electron chi connectivity index (χ4n) is 3.00. The average Bonchev–Trinajstić information content (AvgIpc) is 2.82. The van der Waals surface area contributed by atoms with Gasteiger partial charge in [0.1, 0.15) is 11.5 Å². The van der Waals surface area contributed by atoms with Crippen molar-refractivity contribution in [3.05, 3.63) is 65.2 Å². The van der Waals surface area contributed by atoms with Gasteiger partial charge in [0.2, 0.25) is 0 Å². The number of halogens is 1. The Morgan fingerprint density at radius 1 is 1.08 bits per heavy atom. The number of rotatable bonds is 3. The van der Waals surface area contributed by atoms with Gasteiger partial charge < -0.3 is 4.90 Å². The van der Waals surface area contributed by atoms with Crippen LogP contribution >= 0.6 is 0 Å². The third-order valence-corrected chi connectivity index (χ3v) is 4.30. The van der Waals surface area contributed by atoms with E-state index < -0.39 is 0 Å². The summed E-state index contributed by atoms with van der Waals surface area (Å²) in [5.41, 5.74) is 2.46. The molecule has 0 unspecified atom stereocenters. The van der Waals surface area contributed by atoms with Gasteiger partial charge >= 0.3 is 0 Å². The maximum Gasteiger partial charge on any atom is 0.272 e. The summed E-state index contributed by atoms with van der Waals surface area (Å²) in [5.74, 6) is -0.209. The van der Waals surface area contributed by atoms with Crippen LogP contribution in [0.5, 0.6) is 0 Å². The minimum absolute atomic E-state index is 0.00216. The largest absolute Gasteiger partial charge is 0.336 e. The molecule has 126 valence electrons. The Balaban J connectivity index is 1.60. The monoisotopic (exact) mass is 327 g/mol. The lowest BCUT2D eigenvalue weighted by molar-refractivity contribution is 0.0755. The van der Waals surface area contributed by atoms with Crippen molar-refractivity contribution in [1.82, 2.24) is 14.8 Å². The summed E-state index contributed by atoms with van der Waals surface area (Å²) in [6, 6.07) is 12.2. The first-order chi connectivity index (χ1) is 11.6. The van der Waals surface area contributed by atoms with Crippen molar-refractivity contribution < 1.29 is 9.18 Å². The standard InChI is InChI=1S/C19H22FN3O/c1-15-4-2-5-18(21-15)19(24)23-11-3-10-22(12-13-23)14-16-6-8-17(20)9-7-16/h2,4-9H,3,10-14H2,1H3. The van der Waals surface area contributed by atoms with Crippen LogP contribution < -0.4 is 0 Å². The summed E-state index contributed by atoms with van der Waals surface area (Å²) in [7, 11) is 0. The molecule has 1 aliphatic heterocycles. The lowest BCUT2D eigenvalue weighted by Crippen LogP contribution is -2.35. The van der Waals surface area contributed by atoms with E-state index in [-0.39, 0.29) is 11.7 Å². The first-order valence-corrected chi connectivity index (χ1v) is 8.31. The molecule has 1 aliphatic rings. The van der Waals surface area contributed by atoms with E-state index in [0.29, 0.717) is 12.2 Å². The van der Waals surface area contributed by atoms with Gasteiger partial charge in [-0.25, -0.2) is 9.37 Å². The van der Waals surface area contributed by atoms with Crippen molar-refractivity contribution in [1.29, 1.82) is 0 Å². The van der Waals surface area contributed by atoms with Crippen LogP contribution in [0.1, 0.15) is 28.2 Å². The number of carbonyl (C=O) groups excluding carboxylic acids is 1. The van der Waals surface area contributed by atoms with Crippen LogP contribution in [0.4, 0.5) is 4.39 Å². The van der Waals surface area contributed by atoms with Crippen LogP contribution in [0.2, 0.25) is 0 Å². The number of hydrogen-bond donors (Lipinski definition) is 0. The molecule has 5 heteroatoms. The molecule has 0 radical (unpaired) electrons. The molecule has 2 heterocycles. The molecule has 2 aromatic rings. The van der Waals surface area contributed by atoms with Gasteiger partial charge in [-0.15, -0.1) is 0 Å². The molecule has 0 bridgehead atoms. The number of benzene rings is 1. The van der Waals surface area contributed by atoms with Crippen molar-refractivity contribution in [3.63, 3.8) is 0 Å². The molecule has 0 aliphatic carbocycles. The maximum absolute atomic E-state index is 13.0. The zero-order valence-corrected chi connectivity index (χ0v) is 13.9. The number of pyridine rings is 1. The van der Waals surface area contributed by atoms with Gasteiger partial charge in [0.25, 0.3) is 5.91 Å². The van der Waals surface area contributed by atoms with Crippen LogP contribution in [0.15, 0.2) is 42.5 Å². The molecule has 1 amide bonds. The number of aromatic nitrogens is 1. The summed E-state index contributed by atoms with van der Waals surface area (Å²) in [5, 5.41) is 0. The summed E-state index contributed by atoms with van der Waals surface area (Å²) in [4.78, 5) is 21.1. The number of carbonyl (C=O) groups is 1. The quantitative estimate of drug-likeness (QED) is 0.870. The second kappa shape index (κ2) is 7.53. The lowest BCUT2D eigenvalue weighted by atomic mass is 10.2. The van der Waals surface area contributed by atoms with Gasteiger partial charge in [0.05, 0.1) is 0 Å². The third-order valence-electron chi connectivity index (χ3n) is 4.30. The van der Waals surface area contributed by atoms with E-state index in [1.165, 1.54) is 12.1 Å². The van der Waals surface area contributed by atoms with Crippen molar-refractivity contribution in [2.45, 2.75) is 19.9 Å². The van der Waals surface area contributed by atoms with Crippen LogP contribution in [0.25, 0.3) is 0 Å². The van der Waals surface area contributed by atoms with E-state index >= 15 is 0 Å². The molecular formula is C19H22FN3O. The molecule has 0 atom stereocenters. The van der Waals surface area contributed by atoms with E-state index in [1.807, 2.05) is 36.1 Å². The van der Waals surface area contributed by atoms with Gasteiger partial charge in [0.15, 0.2) is 0 Å². The highest BCUT2D eigenvalue weighted by atomic mass is 19.1. The van der Waals surface area contributed by atoms with Crippen molar-refractivity contribution in [2.24, 2.45) is 0 Å². The summed E-state index contributed by atoms with van der Waals surface area (Å²) in [6.07, 6.45) is 0.929. The highest BCUT2D eigenvalue weighted by Crippen LogP contribution is 2.12. The third kappa shape index (κ3) is 4.17. The van der Waals surface area contributed by atoms with Crippen molar-refractivity contribution >= 4 is 5.91 Å². The molecule has 4 nitrogen and oxygen atoms in total. The summed E-state index contributed by atoms with van der Waals surface area (Å²) in [6.45, 7) is 5.86. The topological polar surface area (TPSA) is 36.4 Å². The molecule has 1 saturated heterocycles. The SMILES string of the molecule is Cc1cccc(C(=O)N2CCCN(Cc3ccc(F)cc3)CC2)n1. The Morgan fingerprint density at radius 3 is 2.62 bits per heavy atom. The Kier molecular flexibility index (Phi) is 5.20. The van der Waals surface area contributed by atoms with E-state index in [1.54, 1.807) is 6.07 Å². The minimum atomic E-state index is -0.211. The number of hydrogen-bond acceptors (Lipinski definition) is 3. The fourth-order valence-corrected chi connectivity index (χ4v) is 3.00. The van der Waals surface area contributed by atoms with Crippen LogP contribution in [-0.2, 0) is 6.54 Å². The van der Waals surface area contributed by atoms with Crippen LogP contribution in [-0.4, -0.2) is 46.9 Å².